The van der Waals surface area contributed by atoms with Gasteiger partial charge < -0.3 is 0 Å². The Labute approximate surface area is 70.1 Å². The number of rotatable bonds is 1. The largest absolute Gasteiger partial charge is 0.299 e. The van der Waals surface area contributed by atoms with E-state index in [2.05, 4.69) is 5.10 Å². The van der Waals surface area contributed by atoms with E-state index in [1.54, 1.807) is 6.08 Å². The lowest BCUT2D eigenvalue weighted by Gasteiger charge is -2.00. The van der Waals surface area contributed by atoms with Crippen molar-refractivity contribution in [3.63, 3.8) is 0 Å². The van der Waals surface area contributed by atoms with Gasteiger partial charge in [0.25, 0.3) is 0 Å². The van der Waals surface area contributed by atoms with E-state index in [4.69, 9.17) is 23.2 Å². The first kappa shape index (κ1) is 7.89. The fourth-order valence-electron chi connectivity index (χ4n) is 0.823. The maximum Gasteiger partial charge on any atom is 0.108 e. The lowest BCUT2D eigenvalue weighted by atomic mass is 10.3. The van der Waals surface area contributed by atoms with Crippen LogP contribution in [0.1, 0.15) is 6.42 Å². The maximum atomic E-state index is 5.43. The van der Waals surface area contributed by atoms with Gasteiger partial charge in [-0.3, -0.25) is 5.01 Å². The summed E-state index contributed by atoms with van der Waals surface area (Å²) < 4.78 is 0.272. The van der Waals surface area contributed by atoms with Crippen molar-refractivity contribution in [2.24, 2.45) is 5.10 Å². The molecule has 1 rings (SSSR count). The second-order valence-corrected chi connectivity index (χ2v) is 3.16. The Morgan fingerprint density at radius 3 is 2.80 bits per heavy atom. The summed E-state index contributed by atoms with van der Waals surface area (Å²) in [6, 6.07) is 0. The van der Waals surface area contributed by atoms with Crippen molar-refractivity contribution in [1.29, 1.82) is 0 Å². The van der Waals surface area contributed by atoms with Crippen molar-refractivity contribution in [2.75, 3.05) is 13.6 Å². The van der Waals surface area contributed by atoms with E-state index in [-0.39, 0.29) is 4.49 Å². The highest BCUT2D eigenvalue weighted by molar-refractivity contribution is 6.56. The smallest absolute Gasteiger partial charge is 0.108 e. The topological polar surface area (TPSA) is 15.6 Å². The van der Waals surface area contributed by atoms with Crippen LogP contribution < -0.4 is 0 Å². The molecular formula is C6H8Cl2N2. The molecule has 0 saturated carbocycles. The number of allylic oxidation sites excluding steroid dienone is 1. The maximum absolute atomic E-state index is 5.43. The van der Waals surface area contributed by atoms with Gasteiger partial charge in [-0.25, -0.2) is 0 Å². The minimum atomic E-state index is 0.272. The molecule has 0 atom stereocenters. The van der Waals surface area contributed by atoms with Gasteiger partial charge in [0.1, 0.15) is 4.49 Å². The van der Waals surface area contributed by atoms with E-state index in [9.17, 15) is 0 Å². The number of nitrogens with zero attached hydrogens (tertiary/aromatic N) is 2. The first-order chi connectivity index (χ1) is 4.68. The summed E-state index contributed by atoms with van der Waals surface area (Å²) in [4.78, 5) is 0. The SMILES string of the molecule is CN1CCC(C=C(Cl)Cl)=N1. The Bertz CT molecular complexity index is 182. The van der Waals surface area contributed by atoms with E-state index in [1.165, 1.54) is 0 Å². The first-order valence-electron chi connectivity index (χ1n) is 3.00. The van der Waals surface area contributed by atoms with Crippen molar-refractivity contribution in [2.45, 2.75) is 6.42 Å². The minimum Gasteiger partial charge on any atom is -0.299 e. The van der Waals surface area contributed by atoms with Gasteiger partial charge in [0, 0.05) is 20.0 Å². The molecule has 0 aromatic heterocycles. The van der Waals surface area contributed by atoms with Crippen LogP contribution >= 0.6 is 23.2 Å². The summed E-state index contributed by atoms with van der Waals surface area (Å²) in [6.45, 7) is 0.951. The quantitative estimate of drug-likeness (QED) is 0.600. The van der Waals surface area contributed by atoms with Crippen LogP contribution in [0.2, 0.25) is 0 Å². The zero-order chi connectivity index (χ0) is 7.56. The average molecular weight is 179 g/mol. The first-order valence-corrected chi connectivity index (χ1v) is 3.75. The van der Waals surface area contributed by atoms with Gasteiger partial charge in [-0.15, -0.1) is 0 Å². The Morgan fingerprint density at radius 1 is 1.70 bits per heavy atom. The van der Waals surface area contributed by atoms with Crippen molar-refractivity contribution < 1.29 is 0 Å². The fourth-order valence-corrected chi connectivity index (χ4v) is 1.07. The standard InChI is InChI=1S/C6H8Cl2N2/c1-10-3-2-5(9-10)4-6(7)8/h4H,2-3H2,1H3. The number of hydrogen-bond donors (Lipinski definition) is 0. The highest BCUT2D eigenvalue weighted by atomic mass is 35.5. The van der Waals surface area contributed by atoms with E-state index in [0.29, 0.717) is 0 Å². The van der Waals surface area contributed by atoms with Gasteiger partial charge in [0.15, 0.2) is 0 Å². The van der Waals surface area contributed by atoms with Gasteiger partial charge in [-0.2, -0.15) is 5.10 Å². The summed E-state index contributed by atoms with van der Waals surface area (Å²) in [7, 11) is 1.92. The van der Waals surface area contributed by atoms with E-state index >= 15 is 0 Å². The van der Waals surface area contributed by atoms with Crippen LogP contribution in [0, 0.1) is 0 Å². The zero-order valence-corrected chi connectivity index (χ0v) is 7.15. The van der Waals surface area contributed by atoms with Gasteiger partial charge >= 0.3 is 0 Å². The molecule has 0 N–H and O–H groups in total. The molecule has 0 aromatic rings. The second-order valence-electron chi connectivity index (χ2n) is 2.16. The van der Waals surface area contributed by atoms with E-state index < -0.39 is 0 Å². The molecule has 0 aromatic carbocycles. The molecule has 0 fully saturated rings. The molecule has 1 aliphatic rings. The third kappa shape index (κ3) is 2.20. The Balaban J connectivity index is 2.59. The van der Waals surface area contributed by atoms with Gasteiger partial charge in [-0.05, 0) is 6.08 Å². The van der Waals surface area contributed by atoms with Crippen molar-refractivity contribution in [3.05, 3.63) is 10.6 Å². The number of hydrazone groups is 1. The predicted molar refractivity (Wildman–Crippen MR) is 44.5 cm³/mol. The van der Waals surface area contributed by atoms with E-state index in [1.807, 2.05) is 12.1 Å². The molecule has 56 valence electrons. The zero-order valence-electron chi connectivity index (χ0n) is 5.64. The van der Waals surface area contributed by atoms with Crippen LogP contribution in [-0.2, 0) is 0 Å². The molecule has 0 unspecified atom stereocenters. The van der Waals surface area contributed by atoms with Gasteiger partial charge in [0.05, 0.1) is 5.71 Å². The molecule has 0 amide bonds. The third-order valence-electron chi connectivity index (χ3n) is 1.27. The average Bonchev–Trinajstić information content (AvgIpc) is 2.13. The van der Waals surface area contributed by atoms with Crippen LogP contribution in [0.3, 0.4) is 0 Å². The van der Waals surface area contributed by atoms with Crippen LogP contribution in [-0.4, -0.2) is 24.3 Å². The van der Waals surface area contributed by atoms with Crippen molar-refractivity contribution >= 4 is 28.9 Å². The second kappa shape index (κ2) is 3.26. The van der Waals surface area contributed by atoms with E-state index in [0.717, 1.165) is 18.7 Å². The monoisotopic (exact) mass is 178 g/mol. The number of hydrogen-bond acceptors (Lipinski definition) is 2. The molecule has 10 heavy (non-hydrogen) atoms. The minimum absolute atomic E-state index is 0.272. The summed E-state index contributed by atoms with van der Waals surface area (Å²) >= 11 is 10.9. The Kier molecular flexibility index (Phi) is 2.57. The lowest BCUT2D eigenvalue weighted by Crippen LogP contribution is -2.04. The Morgan fingerprint density at radius 2 is 2.40 bits per heavy atom. The Hall–Kier alpha value is -0.210. The molecule has 0 saturated heterocycles. The van der Waals surface area contributed by atoms with Crippen LogP contribution in [0.4, 0.5) is 0 Å². The summed E-state index contributed by atoms with van der Waals surface area (Å²) in [5.74, 6) is 0. The molecule has 2 nitrogen and oxygen atoms in total. The molecular weight excluding hydrogens is 171 g/mol. The summed E-state index contributed by atoms with van der Waals surface area (Å²) in [5.41, 5.74) is 0.947. The fraction of sp³-hybridized carbons (Fsp3) is 0.500. The molecule has 0 bridgehead atoms. The molecule has 4 heteroatoms. The molecule has 1 heterocycles. The predicted octanol–water partition coefficient (Wildman–Crippen LogP) is 2.00. The molecule has 0 aliphatic carbocycles. The van der Waals surface area contributed by atoms with Gasteiger partial charge in [0.2, 0.25) is 0 Å². The van der Waals surface area contributed by atoms with Crippen molar-refractivity contribution in [1.82, 2.24) is 5.01 Å². The van der Waals surface area contributed by atoms with Gasteiger partial charge in [-0.1, -0.05) is 23.2 Å². The molecule has 0 radical (unpaired) electrons. The summed E-state index contributed by atoms with van der Waals surface area (Å²) in [5, 5.41) is 6.00. The van der Waals surface area contributed by atoms with Crippen LogP contribution in [0.5, 0.6) is 0 Å². The number of halogens is 2. The lowest BCUT2D eigenvalue weighted by molar-refractivity contribution is 0.393. The van der Waals surface area contributed by atoms with Crippen molar-refractivity contribution in [3.8, 4) is 0 Å². The highest BCUT2D eigenvalue weighted by Gasteiger charge is 2.07. The highest BCUT2D eigenvalue weighted by Crippen LogP contribution is 2.11. The third-order valence-corrected chi connectivity index (χ3v) is 1.48. The normalized spacial score (nSPS) is 17.1. The summed E-state index contributed by atoms with van der Waals surface area (Å²) in [6.07, 6.45) is 2.60. The van der Waals surface area contributed by atoms with Crippen LogP contribution in [0.15, 0.2) is 15.7 Å². The molecule has 1 aliphatic heterocycles. The molecule has 0 spiro atoms. The van der Waals surface area contributed by atoms with Crippen LogP contribution in [0.25, 0.3) is 0 Å².